The van der Waals surface area contributed by atoms with Crippen molar-refractivity contribution in [3.8, 4) is 0 Å². The Labute approximate surface area is 204 Å². The van der Waals surface area contributed by atoms with Crippen molar-refractivity contribution in [2.24, 2.45) is 0 Å². The van der Waals surface area contributed by atoms with Gasteiger partial charge in [-0.1, -0.05) is 18.2 Å². The second-order valence-corrected chi connectivity index (χ2v) is 10.00. The molecule has 0 radical (unpaired) electrons. The normalized spacial score (nSPS) is 13.2. The lowest BCUT2D eigenvalue weighted by Gasteiger charge is -2.16. The Morgan fingerprint density at radius 3 is 2.69 bits per heavy atom. The van der Waals surface area contributed by atoms with Crippen LogP contribution in [0.1, 0.15) is 5.56 Å². The standard InChI is InChI=1S/C24H20F2N6O3S/c25-17-11-19(26)24-20(12-17)31(13-16-4-3-5-18(10-16)32-9-8-28-30-32)14-21(24)36(34,35)15-23(33)29-22-6-1-2-7-27-22/h1-12,14,28,30H,13,15H2,(H,27,29,33). The van der Waals surface area contributed by atoms with E-state index in [1.165, 1.54) is 23.0 Å². The first-order valence-corrected chi connectivity index (χ1v) is 12.4. The number of hydrazine groups is 2. The predicted molar refractivity (Wildman–Crippen MR) is 130 cm³/mol. The van der Waals surface area contributed by atoms with Crippen molar-refractivity contribution in [2.45, 2.75) is 11.4 Å². The van der Waals surface area contributed by atoms with Crippen LogP contribution in [0.2, 0.25) is 0 Å². The van der Waals surface area contributed by atoms with Crippen LogP contribution < -0.4 is 21.3 Å². The lowest BCUT2D eigenvalue weighted by molar-refractivity contribution is -0.113. The second-order valence-electron chi connectivity index (χ2n) is 8.04. The van der Waals surface area contributed by atoms with E-state index in [-0.39, 0.29) is 23.3 Å². The SMILES string of the molecule is O=C(CS(=O)(=O)c1cn(Cc2cccc(N3C=CNN3)c2)c2cc(F)cc(F)c12)Nc1ccccn1. The summed E-state index contributed by atoms with van der Waals surface area (Å²) in [5.41, 5.74) is 7.35. The first-order chi connectivity index (χ1) is 17.3. The number of hydrogen-bond donors (Lipinski definition) is 3. The van der Waals surface area contributed by atoms with Gasteiger partial charge in [0, 0.05) is 37.4 Å². The van der Waals surface area contributed by atoms with Crippen LogP contribution in [0.15, 0.2) is 84.3 Å². The minimum Gasteiger partial charge on any atom is -0.342 e. The van der Waals surface area contributed by atoms with Crippen LogP contribution >= 0.6 is 0 Å². The van der Waals surface area contributed by atoms with Gasteiger partial charge in [-0.15, -0.1) is 5.53 Å². The summed E-state index contributed by atoms with van der Waals surface area (Å²) in [6.45, 7) is 0.133. The van der Waals surface area contributed by atoms with E-state index in [2.05, 4.69) is 21.3 Å². The molecule has 4 aromatic rings. The molecule has 0 saturated heterocycles. The molecule has 0 aliphatic carbocycles. The Balaban J connectivity index is 1.49. The molecule has 12 heteroatoms. The highest BCUT2D eigenvalue weighted by Crippen LogP contribution is 2.31. The molecule has 9 nitrogen and oxygen atoms in total. The molecule has 1 aliphatic rings. The fraction of sp³-hybridized carbons (Fsp3) is 0.0833. The van der Waals surface area contributed by atoms with Crippen LogP contribution in [0.4, 0.5) is 20.3 Å². The first kappa shape index (κ1) is 23.5. The molecule has 184 valence electrons. The van der Waals surface area contributed by atoms with Crippen LogP contribution in [-0.2, 0) is 21.2 Å². The predicted octanol–water partition coefficient (Wildman–Crippen LogP) is 3.08. The van der Waals surface area contributed by atoms with Crippen LogP contribution in [0.25, 0.3) is 10.9 Å². The second kappa shape index (κ2) is 9.40. The van der Waals surface area contributed by atoms with Crippen molar-refractivity contribution < 1.29 is 22.0 Å². The smallest absolute Gasteiger partial charge is 0.241 e. The molecule has 0 spiro atoms. The molecule has 1 aliphatic heterocycles. The van der Waals surface area contributed by atoms with Gasteiger partial charge in [-0.25, -0.2) is 22.2 Å². The lowest BCUT2D eigenvalue weighted by Crippen LogP contribution is -2.35. The van der Waals surface area contributed by atoms with E-state index in [1.54, 1.807) is 29.5 Å². The summed E-state index contributed by atoms with van der Waals surface area (Å²) >= 11 is 0. The summed E-state index contributed by atoms with van der Waals surface area (Å²) in [5, 5.41) is 3.87. The fourth-order valence-electron chi connectivity index (χ4n) is 3.95. The molecule has 0 unspecified atom stereocenters. The number of carbonyl (C=O) groups is 1. The number of halogens is 2. The molecule has 0 bridgehead atoms. The minimum absolute atomic E-state index is 0.0578. The van der Waals surface area contributed by atoms with Crippen molar-refractivity contribution in [2.75, 3.05) is 16.1 Å². The fourth-order valence-corrected chi connectivity index (χ4v) is 5.32. The number of anilines is 2. The molecule has 0 saturated carbocycles. The molecule has 2 aromatic heterocycles. The average molecular weight is 511 g/mol. The summed E-state index contributed by atoms with van der Waals surface area (Å²) < 4.78 is 56.9. The molecule has 3 N–H and O–H groups in total. The molecular formula is C24H20F2N6O3S. The summed E-state index contributed by atoms with van der Waals surface area (Å²) in [6, 6.07) is 13.8. The van der Waals surface area contributed by atoms with Gasteiger partial charge in [0.1, 0.15) is 23.2 Å². The number of rotatable bonds is 7. The van der Waals surface area contributed by atoms with E-state index < -0.39 is 38.0 Å². The molecule has 36 heavy (non-hydrogen) atoms. The maximum atomic E-state index is 14.9. The quantitative estimate of drug-likeness (QED) is 0.351. The Bertz CT molecular complexity index is 1590. The zero-order valence-electron chi connectivity index (χ0n) is 18.7. The van der Waals surface area contributed by atoms with Gasteiger partial charge in [0.2, 0.25) is 5.91 Å². The molecule has 5 rings (SSSR count). The molecule has 0 atom stereocenters. The average Bonchev–Trinajstić information content (AvgIpc) is 3.49. The Morgan fingerprint density at radius 1 is 1.08 bits per heavy atom. The number of benzene rings is 2. The van der Waals surface area contributed by atoms with E-state index in [1.807, 2.05) is 24.3 Å². The van der Waals surface area contributed by atoms with Crippen molar-refractivity contribution in [3.05, 3.63) is 96.6 Å². The van der Waals surface area contributed by atoms with Gasteiger partial charge >= 0.3 is 0 Å². The highest BCUT2D eigenvalue weighted by atomic mass is 32.2. The number of nitrogens with zero attached hydrogens (tertiary/aromatic N) is 3. The first-order valence-electron chi connectivity index (χ1n) is 10.8. The number of pyridine rings is 1. The van der Waals surface area contributed by atoms with E-state index in [9.17, 15) is 22.0 Å². The molecule has 0 fully saturated rings. The van der Waals surface area contributed by atoms with Crippen molar-refractivity contribution in [1.29, 1.82) is 0 Å². The summed E-state index contributed by atoms with van der Waals surface area (Å²) in [7, 11) is -4.29. The van der Waals surface area contributed by atoms with Gasteiger partial charge in [0.05, 0.1) is 21.5 Å². The van der Waals surface area contributed by atoms with Crippen molar-refractivity contribution >= 4 is 38.2 Å². The maximum absolute atomic E-state index is 14.9. The summed E-state index contributed by atoms with van der Waals surface area (Å²) in [5.74, 6) is -3.45. The third-order valence-electron chi connectivity index (χ3n) is 5.49. The maximum Gasteiger partial charge on any atom is 0.241 e. The minimum atomic E-state index is -4.29. The number of hydrogen-bond acceptors (Lipinski definition) is 7. The van der Waals surface area contributed by atoms with Gasteiger partial charge < -0.3 is 15.3 Å². The van der Waals surface area contributed by atoms with E-state index in [4.69, 9.17) is 0 Å². The van der Waals surface area contributed by atoms with Gasteiger partial charge in [-0.2, -0.15) is 0 Å². The number of sulfone groups is 1. The van der Waals surface area contributed by atoms with Gasteiger partial charge in [-0.3, -0.25) is 9.80 Å². The molecule has 2 aromatic carbocycles. The van der Waals surface area contributed by atoms with Crippen molar-refractivity contribution in [3.63, 3.8) is 0 Å². The topological polar surface area (TPSA) is 108 Å². The number of amides is 1. The van der Waals surface area contributed by atoms with Gasteiger partial charge in [-0.05, 0) is 35.9 Å². The third-order valence-corrected chi connectivity index (χ3v) is 7.11. The monoisotopic (exact) mass is 510 g/mol. The van der Waals surface area contributed by atoms with Crippen molar-refractivity contribution in [1.82, 2.24) is 20.5 Å². The number of nitrogens with one attached hydrogen (secondary N) is 3. The largest absolute Gasteiger partial charge is 0.342 e. The van der Waals surface area contributed by atoms with Crippen LogP contribution in [0.5, 0.6) is 0 Å². The number of aromatic nitrogens is 2. The van der Waals surface area contributed by atoms with Gasteiger partial charge in [0.25, 0.3) is 0 Å². The van der Waals surface area contributed by atoms with Gasteiger partial charge in [0.15, 0.2) is 9.84 Å². The summed E-state index contributed by atoms with van der Waals surface area (Å²) in [6.07, 6.45) is 6.16. The Kier molecular flexibility index (Phi) is 6.12. The highest BCUT2D eigenvalue weighted by Gasteiger charge is 2.27. The van der Waals surface area contributed by atoms with Crippen LogP contribution in [-0.4, -0.2) is 29.6 Å². The van der Waals surface area contributed by atoms with E-state index in [0.717, 1.165) is 17.3 Å². The molecule has 3 heterocycles. The third kappa shape index (κ3) is 4.76. The Hall–Kier alpha value is -4.29. The summed E-state index contributed by atoms with van der Waals surface area (Å²) in [4.78, 5) is 16.0. The Morgan fingerprint density at radius 2 is 1.94 bits per heavy atom. The number of carbonyl (C=O) groups excluding carboxylic acids is 1. The van der Waals surface area contributed by atoms with Crippen LogP contribution in [0, 0.1) is 11.6 Å². The van der Waals surface area contributed by atoms with Crippen LogP contribution in [0.3, 0.4) is 0 Å². The molecular weight excluding hydrogens is 490 g/mol. The zero-order valence-corrected chi connectivity index (χ0v) is 19.5. The zero-order chi connectivity index (χ0) is 25.3. The van der Waals surface area contributed by atoms with E-state index in [0.29, 0.717) is 6.07 Å². The highest BCUT2D eigenvalue weighted by molar-refractivity contribution is 7.92. The molecule has 1 amide bonds. The lowest BCUT2D eigenvalue weighted by atomic mass is 10.2. The number of fused-ring (bicyclic) bond motifs is 1. The van der Waals surface area contributed by atoms with E-state index >= 15 is 0 Å².